The largest absolute Gasteiger partial charge is 0.493 e. The molecule has 3 rings (SSSR count). The molecule has 3 aromatic rings. The highest BCUT2D eigenvalue weighted by molar-refractivity contribution is 7.14. The molecule has 0 spiro atoms. The minimum atomic E-state index is -3.04. The monoisotopic (exact) mass is 476 g/mol. The molecule has 0 fully saturated rings. The lowest BCUT2D eigenvalue weighted by Crippen LogP contribution is -2.30. The number of amides is 1. The lowest BCUT2D eigenvalue weighted by atomic mass is 10.1. The van der Waals surface area contributed by atoms with Gasteiger partial charge < -0.3 is 14.2 Å². The highest BCUT2D eigenvalue weighted by atomic mass is 32.1. The Labute approximate surface area is 193 Å². The zero-order chi connectivity index (χ0) is 24.0. The van der Waals surface area contributed by atoms with Crippen LogP contribution in [-0.2, 0) is 16.0 Å². The number of nitrogens with zero attached hydrogens (tertiary/aromatic N) is 1. The highest BCUT2D eigenvalue weighted by Crippen LogP contribution is 2.30. The van der Waals surface area contributed by atoms with Gasteiger partial charge in [-0.05, 0) is 37.1 Å². The van der Waals surface area contributed by atoms with Crippen LogP contribution in [0.3, 0.4) is 0 Å². The van der Waals surface area contributed by atoms with Gasteiger partial charge in [0.15, 0.2) is 22.7 Å². The number of carbonyl (C=O) groups is 2. The third-order valence-electron chi connectivity index (χ3n) is 4.66. The molecule has 0 radical (unpaired) electrons. The Balaban J connectivity index is 1.61. The van der Waals surface area contributed by atoms with Crippen LogP contribution >= 0.6 is 11.3 Å². The van der Waals surface area contributed by atoms with Crippen molar-refractivity contribution in [3.05, 3.63) is 59.0 Å². The number of hydrogen-bond donors (Lipinski definition) is 1. The lowest BCUT2D eigenvalue weighted by molar-refractivity contribution is -0.123. The molecule has 1 amide bonds. The van der Waals surface area contributed by atoms with E-state index in [1.165, 1.54) is 43.1 Å². The summed E-state index contributed by atoms with van der Waals surface area (Å²) in [5, 5.41) is 4.82. The maximum atomic E-state index is 12.5. The smallest absolute Gasteiger partial charge is 0.387 e. The molecule has 7 nitrogen and oxygen atoms in total. The molecule has 0 aliphatic rings. The molecular weight excluding hydrogens is 454 g/mol. The molecule has 0 aliphatic heterocycles. The number of aryl methyl sites for hydroxylation is 1. The zero-order valence-corrected chi connectivity index (χ0v) is 18.9. The maximum Gasteiger partial charge on any atom is 0.387 e. The SMILES string of the molecule is CCc1ccc(-c2csc(NC(=O)C(C)OC(=O)c3ccc(OC(F)F)c(OC)c3)n2)cc1. The van der Waals surface area contributed by atoms with Gasteiger partial charge in [-0.1, -0.05) is 31.2 Å². The van der Waals surface area contributed by atoms with Gasteiger partial charge in [-0.2, -0.15) is 8.78 Å². The van der Waals surface area contributed by atoms with Crippen LogP contribution in [0.2, 0.25) is 0 Å². The molecule has 1 unspecified atom stereocenters. The Hall–Kier alpha value is -3.53. The first-order valence-corrected chi connectivity index (χ1v) is 10.9. The van der Waals surface area contributed by atoms with Crippen molar-refractivity contribution in [1.82, 2.24) is 4.98 Å². The van der Waals surface area contributed by atoms with E-state index in [-0.39, 0.29) is 17.1 Å². The number of thiazole rings is 1. The average molecular weight is 477 g/mol. The summed E-state index contributed by atoms with van der Waals surface area (Å²) < 4.78 is 39.4. The van der Waals surface area contributed by atoms with E-state index in [9.17, 15) is 18.4 Å². The standard InChI is InChI=1S/C23H22F2N2O5S/c1-4-14-5-7-15(8-6-14)17-12-33-23(26-17)27-20(28)13(2)31-21(29)16-9-10-18(32-22(24)25)19(11-16)30-3/h5-13,22H,4H2,1-3H3,(H,26,27,28). The van der Waals surface area contributed by atoms with Crippen molar-refractivity contribution >= 4 is 28.3 Å². The van der Waals surface area contributed by atoms with Crippen molar-refractivity contribution < 1.29 is 32.6 Å². The molecule has 0 saturated carbocycles. The van der Waals surface area contributed by atoms with Crippen LogP contribution in [0.4, 0.5) is 13.9 Å². The van der Waals surface area contributed by atoms with Gasteiger partial charge in [0.05, 0.1) is 18.4 Å². The van der Waals surface area contributed by atoms with Crippen molar-refractivity contribution in [2.24, 2.45) is 0 Å². The van der Waals surface area contributed by atoms with Gasteiger partial charge in [0.25, 0.3) is 5.91 Å². The molecule has 0 bridgehead atoms. The Bertz CT molecular complexity index is 1120. The normalized spacial score (nSPS) is 11.7. The van der Waals surface area contributed by atoms with Gasteiger partial charge in [0.1, 0.15) is 0 Å². The molecule has 1 heterocycles. The molecule has 1 N–H and O–H groups in total. The predicted octanol–water partition coefficient (Wildman–Crippen LogP) is 5.17. The van der Waals surface area contributed by atoms with Crippen LogP contribution in [-0.4, -0.2) is 36.7 Å². The van der Waals surface area contributed by atoms with Crippen molar-refractivity contribution in [1.29, 1.82) is 0 Å². The summed E-state index contributed by atoms with van der Waals surface area (Å²) in [6.07, 6.45) is -0.188. The molecule has 0 saturated heterocycles. The molecule has 1 atom stereocenters. The van der Waals surface area contributed by atoms with E-state index >= 15 is 0 Å². The second-order valence-electron chi connectivity index (χ2n) is 6.87. The number of anilines is 1. The zero-order valence-electron chi connectivity index (χ0n) is 18.1. The van der Waals surface area contributed by atoms with Crippen LogP contribution in [0.15, 0.2) is 47.8 Å². The van der Waals surface area contributed by atoms with Gasteiger partial charge in [0.2, 0.25) is 0 Å². The number of halogens is 2. The Morgan fingerprint density at radius 2 is 1.85 bits per heavy atom. The molecular formula is C23H22F2N2O5S. The van der Waals surface area contributed by atoms with Crippen LogP contribution < -0.4 is 14.8 Å². The average Bonchev–Trinajstić information content (AvgIpc) is 3.27. The van der Waals surface area contributed by atoms with Gasteiger partial charge in [-0.15, -0.1) is 11.3 Å². The minimum absolute atomic E-state index is 0.0141. The Morgan fingerprint density at radius 1 is 1.12 bits per heavy atom. The predicted molar refractivity (Wildman–Crippen MR) is 120 cm³/mol. The summed E-state index contributed by atoms with van der Waals surface area (Å²) in [6, 6.07) is 11.6. The van der Waals surface area contributed by atoms with Gasteiger partial charge in [-0.25, -0.2) is 9.78 Å². The minimum Gasteiger partial charge on any atom is -0.493 e. The topological polar surface area (TPSA) is 86.8 Å². The number of rotatable bonds is 9. The van der Waals surface area contributed by atoms with Crippen molar-refractivity contribution in [2.45, 2.75) is 33.0 Å². The molecule has 174 valence electrons. The van der Waals surface area contributed by atoms with Crippen LogP contribution in [0.1, 0.15) is 29.8 Å². The fourth-order valence-electron chi connectivity index (χ4n) is 2.85. The fraction of sp³-hybridized carbons (Fsp3) is 0.261. The van der Waals surface area contributed by atoms with Gasteiger partial charge >= 0.3 is 12.6 Å². The summed E-state index contributed by atoms with van der Waals surface area (Å²) in [4.78, 5) is 29.3. The molecule has 10 heteroatoms. The first-order valence-electron chi connectivity index (χ1n) is 10.00. The first kappa shape index (κ1) is 24.1. The second-order valence-corrected chi connectivity index (χ2v) is 7.73. The first-order chi connectivity index (χ1) is 15.8. The molecule has 33 heavy (non-hydrogen) atoms. The number of methoxy groups -OCH3 is 1. The number of carbonyl (C=O) groups excluding carboxylic acids is 2. The van der Waals surface area contributed by atoms with E-state index in [1.54, 1.807) is 0 Å². The van der Waals surface area contributed by atoms with E-state index < -0.39 is 24.6 Å². The van der Waals surface area contributed by atoms with E-state index in [4.69, 9.17) is 9.47 Å². The highest BCUT2D eigenvalue weighted by Gasteiger charge is 2.22. The van der Waals surface area contributed by atoms with Crippen LogP contribution in [0.5, 0.6) is 11.5 Å². The third kappa shape index (κ3) is 6.26. The fourth-order valence-corrected chi connectivity index (χ4v) is 3.57. The molecule has 1 aromatic heterocycles. The number of esters is 1. The summed E-state index contributed by atoms with van der Waals surface area (Å²) in [5.41, 5.74) is 2.88. The molecule has 0 aliphatic carbocycles. The van der Waals surface area contributed by atoms with E-state index in [2.05, 4.69) is 22.0 Å². The van der Waals surface area contributed by atoms with Crippen molar-refractivity contribution in [2.75, 3.05) is 12.4 Å². The maximum absolute atomic E-state index is 12.5. The van der Waals surface area contributed by atoms with Gasteiger partial charge in [-0.3, -0.25) is 10.1 Å². The van der Waals surface area contributed by atoms with E-state index in [0.717, 1.165) is 23.7 Å². The summed E-state index contributed by atoms with van der Waals surface area (Å²) >= 11 is 1.25. The van der Waals surface area contributed by atoms with Crippen molar-refractivity contribution in [3.8, 4) is 22.8 Å². The van der Waals surface area contributed by atoms with Crippen LogP contribution in [0.25, 0.3) is 11.3 Å². The number of alkyl halides is 2. The van der Waals surface area contributed by atoms with Crippen LogP contribution in [0, 0.1) is 0 Å². The number of hydrogen-bond acceptors (Lipinski definition) is 7. The Morgan fingerprint density at radius 3 is 2.48 bits per heavy atom. The summed E-state index contributed by atoms with van der Waals surface area (Å²) in [6.45, 7) is 0.450. The van der Waals surface area contributed by atoms with Gasteiger partial charge in [0, 0.05) is 10.9 Å². The molecule has 2 aromatic carbocycles. The van der Waals surface area contributed by atoms with Crippen molar-refractivity contribution in [3.63, 3.8) is 0 Å². The third-order valence-corrected chi connectivity index (χ3v) is 5.42. The second kappa shape index (κ2) is 10.9. The van der Waals surface area contributed by atoms with E-state index in [0.29, 0.717) is 5.13 Å². The number of aromatic nitrogens is 1. The number of nitrogens with one attached hydrogen (secondary N) is 1. The van der Waals surface area contributed by atoms with E-state index in [1.807, 2.05) is 29.6 Å². The number of ether oxygens (including phenoxy) is 3. The quantitative estimate of drug-likeness (QED) is 0.429. The lowest BCUT2D eigenvalue weighted by Gasteiger charge is -2.14. The summed E-state index contributed by atoms with van der Waals surface area (Å²) in [7, 11) is 1.25. The Kier molecular flexibility index (Phi) is 7.94. The summed E-state index contributed by atoms with van der Waals surface area (Å²) in [5.74, 6) is -1.67. The number of benzene rings is 2.